The Morgan fingerprint density at radius 3 is 2.50 bits per heavy atom. The fraction of sp³-hybridized carbons (Fsp3) is 0. The minimum absolute atomic E-state index is 0.174. The standard InChI is InChI=1S/C8H4FN5O4/c9-4-1-10-8(11-2-4)13-3-5(14(17)18)6(12-13)7(15)16/h1-3H,(H,15,16). The molecule has 18 heavy (non-hydrogen) atoms. The quantitative estimate of drug-likeness (QED) is 0.620. The Kier molecular flexibility index (Phi) is 2.67. The minimum Gasteiger partial charge on any atom is -0.476 e. The second-order valence-electron chi connectivity index (χ2n) is 3.07. The number of nitro groups is 1. The topological polar surface area (TPSA) is 124 Å². The second-order valence-corrected chi connectivity index (χ2v) is 3.07. The summed E-state index contributed by atoms with van der Waals surface area (Å²) in [6, 6.07) is 0. The highest BCUT2D eigenvalue weighted by atomic mass is 19.1. The highest BCUT2D eigenvalue weighted by Gasteiger charge is 2.26. The lowest BCUT2D eigenvalue weighted by Crippen LogP contribution is -2.05. The molecule has 10 heteroatoms. The summed E-state index contributed by atoms with van der Waals surface area (Å²) in [5, 5.41) is 22.8. The van der Waals surface area contributed by atoms with E-state index in [0.717, 1.165) is 23.3 Å². The summed E-state index contributed by atoms with van der Waals surface area (Å²) >= 11 is 0. The van der Waals surface area contributed by atoms with E-state index < -0.39 is 28.1 Å². The number of aromatic carboxylic acids is 1. The number of hydrogen-bond acceptors (Lipinski definition) is 6. The van der Waals surface area contributed by atoms with Crippen molar-refractivity contribution in [3.8, 4) is 5.95 Å². The van der Waals surface area contributed by atoms with Gasteiger partial charge in [0.1, 0.15) is 6.20 Å². The number of carbonyl (C=O) groups is 1. The number of rotatable bonds is 3. The van der Waals surface area contributed by atoms with E-state index in [1.807, 2.05) is 0 Å². The van der Waals surface area contributed by atoms with Gasteiger partial charge in [-0.1, -0.05) is 0 Å². The summed E-state index contributed by atoms with van der Waals surface area (Å²) in [7, 11) is 0. The third-order valence-corrected chi connectivity index (χ3v) is 1.91. The lowest BCUT2D eigenvalue weighted by molar-refractivity contribution is -0.385. The number of halogens is 1. The predicted molar refractivity (Wildman–Crippen MR) is 52.7 cm³/mol. The van der Waals surface area contributed by atoms with Gasteiger partial charge in [0.2, 0.25) is 5.69 Å². The zero-order valence-corrected chi connectivity index (χ0v) is 8.52. The van der Waals surface area contributed by atoms with Crippen LogP contribution in [0.4, 0.5) is 10.1 Å². The molecule has 0 aliphatic rings. The van der Waals surface area contributed by atoms with Crippen LogP contribution in [-0.4, -0.2) is 35.7 Å². The zero-order chi connectivity index (χ0) is 13.3. The van der Waals surface area contributed by atoms with Gasteiger partial charge in [-0.3, -0.25) is 10.1 Å². The highest BCUT2D eigenvalue weighted by molar-refractivity contribution is 5.89. The van der Waals surface area contributed by atoms with Gasteiger partial charge in [-0.15, -0.1) is 0 Å². The Morgan fingerprint density at radius 2 is 2.06 bits per heavy atom. The van der Waals surface area contributed by atoms with E-state index in [9.17, 15) is 19.3 Å². The van der Waals surface area contributed by atoms with Crippen LogP contribution in [0, 0.1) is 15.9 Å². The average molecular weight is 253 g/mol. The van der Waals surface area contributed by atoms with Crippen LogP contribution in [0.2, 0.25) is 0 Å². The lowest BCUT2D eigenvalue weighted by Gasteiger charge is -1.96. The summed E-state index contributed by atoms with van der Waals surface area (Å²) in [5.74, 6) is -2.42. The molecule has 2 heterocycles. The number of nitrogens with zero attached hydrogens (tertiary/aromatic N) is 5. The van der Waals surface area contributed by atoms with Crippen molar-refractivity contribution < 1.29 is 19.2 Å². The van der Waals surface area contributed by atoms with Crippen LogP contribution in [0.5, 0.6) is 0 Å². The summed E-state index contributed by atoms with van der Waals surface area (Å²) < 4.78 is 13.4. The van der Waals surface area contributed by atoms with E-state index >= 15 is 0 Å². The summed E-state index contributed by atoms with van der Waals surface area (Å²) in [6.45, 7) is 0. The van der Waals surface area contributed by atoms with Crippen molar-refractivity contribution in [1.29, 1.82) is 0 Å². The Hall–Kier alpha value is -2.91. The third-order valence-electron chi connectivity index (χ3n) is 1.91. The van der Waals surface area contributed by atoms with Crippen LogP contribution in [0.3, 0.4) is 0 Å². The Labute approximate surface area is 97.7 Å². The first-order chi connectivity index (χ1) is 8.49. The Balaban J connectivity index is 2.53. The van der Waals surface area contributed by atoms with Gasteiger partial charge < -0.3 is 5.11 Å². The van der Waals surface area contributed by atoms with E-state index in [-0.39, 0.29) is 5.95 Å². The maximum absolute atomic E-state index is 12.6. The van der Waals surface area contributed by atoms with Crippen LogP contribution < -0.4 is 0 Å². The highest BCUT2D eigenvalue weighted by Crippen LogP contribution is 2.17. The SMILES string of the molecule is O=C(O)c1nn(-c2ncc(F)cn2)cc1[N+](=O)[O-]. The van der Waals surface area contributed by atoms with E-state index in [0.29, 0.717) is 0 Å². The zero-order valence-electron chi connectivity index (χ0n) is 8.52. The first kappa shape index (κ1) is 11.6. The van der Waals surface area contributed by atoms with E-state index in [1.165, 1.54) is 0 Å². The van der Waals surface area contributed by atoms with Gasteiger partial charge in [0.15, 0.2) is 5.82 Å². The molecule has 9 nitrogen and oxygen atoms in total. The van der Waals surface area contributed by atoms with Crippen LogP contribution in [0.15, 0.2) is 18.6 Å². The number of carboxylic acid groups (broad SMARTS) is 1. The molecule has 1 N–H and O–H groups in total. The normalized spacial score (nSPS) is 10.3. The first-order valence-electron chi connectivity index (χ1n) is 4.44. The fourth-order valence-electron chi connectivity index (χ4n) is 1.18. The number of hydrogen-bond donors (Lipinski definition) is 1. The van der Waals surface area contributed by atoms with Gasteiger partial charge >= 0.3 is 11.7 Å². The second kappa shape index (κ2) is 4.16. The Morgan fingerprint density at radius 1 is 1.44 bits per heavy atom. The molecule has 0 atom stereocenters. The molecule has 0 fully saturated rings. The molecule has 0 radical (unpaired) electrons. The molecule has 0 aromatic carbocycles. The predicted octanol–water partition coefficient (Wildman–Crippen LogP) is 0.408. The average Bonchev–Trinajstić information content (AvgIpc) is 2.75. The molecular formula is C8H4FN5O4. The molecule has 0 bridgehead atoms. The molecule has 0 saturated carbocycles. The van der Waals surface area contributed by atoms with Crippen molar-refractivity contribution in [2.24, 2.45) is 0 Å². The lowest BCUT2D eigenvalue weighted by atomic mass is 10.4. The van der Waals surface area contributed by atoms with Gasteiger partial charge in [0.25, 0.3) is 5.95 Å². The Bertz CT molecular complexity index is 591. The molecule has 0 aliphatic carbocycles. The third kappa shape index (κ3) is 1.98. The van der Waals surface area contributed by atoms with Crippen molar-refractivity contribution >= 4 is 11.7 Å². The summed E-state index contributed by atoms with van der Waals surface area (Å²) in [4.78, 5) is 27.5. The van der Waals surface area contributed by atoms with Crippen molar-refractivity contribution in [2.45, 2.75) is 0 Å². The molecular weight excluding hydrogens is 249 g/mol. The number of carboxylic acids is 1. The van der Waals surface area contributed by atoms with Gasteiger partial charge in [0, 0.05) is 0 Å². The van der Waals surface area contributed by atoms with Gasteiger partial charge in [-0.25, -0.2) is 19.2 Å². The molecule has 0 aliphatic heterocycles. The van der Waals surface area contributed by atoms with Crippen molar-refractivity contribution in [2.75, 3.05) is 0 Å². The molecule has 0 unspecified atom stereocenters. The smallest absolute Gasteiger partial charge is 0.363 e. The molecule has 0 saturated heterocycles. The molecule has 0 spiro atoms. The molecule has 2 rings (SSSR count). The minimum atomic E-state index is -1.55. The summed E-state index contributed by atoms with van der Waals surface area (Å²) in [6.07, 6.45) is 2.50. The van der Waals surface area contributed by atoms with Crippen LogP contribution >= 0.6 is 0 Å². The van der Waals surface area contributed by atoms with Gasteiger partial charge in [0.05, 0.1) is 17.3 Å². The van der Waals surface area contributed by atoms with E-state index in [1.54, 1.807) is 0 Å². The molecule has 2 aromatic rings. The molecule has 2 aromatic heterocycles. The maximum Gasteiger partial charge on any atom is 0.363 e. The first-order valence-corrected chi connectivity index (χ1v) is 4.44. The van der Waals surface area contributed by atoms with Gasteiger partial charge in [-0.05, 0) is 0 Å². The largest absolute Gasteiger partial charge is 0.476 e. The van der Waals surface area contributed by atoms with E-state index in [4.69, 9.17) is 5.11 Å². The maximum atomic E-state index is 12.6. The summed E-state index contributed by atoms with van der Waals surface area (Å²) in [5.41, 5.74) is -1.44. The van der Waals surface area contributed by atoms with Crippen LogP contribution in [-0.2, 0) is 0 Å². The molecule has 0 amide bonds. The van der Waals surface area contributed by atoms with Crippen molar-refractivity contribution in [1.82, 2.24) is 19.7 Å². The fourth-order valence-corrected chi connectivity index (χ4v) is 1.18. The monoisotopic (exact) mass is 253 g/mol. The van der Waals surface area contributed by atoms with Crippen molar-refractivity contribution in [3.63, 3.8) is 0 Å². The van der Waals surface area contributed by atoms with Crippen LogP contribution in [0.1, 0.15) is 10.5 Å². The van der Waals surface area contributed by atoms with Crippen molar-refractivity contribution in [3.05, 3.63) is 40.2 Å². The number of aromatic nitrogens is 4. The molecule has 92 valence electrons. The van der Waals surface area contributed by atoms with Crippen LogP contribution in [0.25, 0.3) is 5.95 Å². The van der Waals surface area contributed by atoms with Gasteiger partial charge in [-0.2, -0.15) is 9.78 Å². The van der Waals surface area contributed by atoms with E-state index in [2.05, 4.69) is 15.1 Å².